The van der Waals surface area contributed by atoms with Gasteiger partial charge in [-0.05, 0) is 37.6 Å². The summed E-state index contributed by atoms with van der Waals surface area (Å²) >= 11 is 3.44. The summed E-state index contributed by atoms with van der Waals surface area (Å²) in [6, 6.07) is 8.42. The van der Waals surface area contributed by atoms with E-state index in [1.165, 1.54) is 18.4 Å². The van der Waals surface area contributed by atoms with Crippen LogP contribution >= 0.6 is 15.9 Å². The van der Waals surface area contributed by atoms with Crippen molar-refractivity contribution < 1.29 is 5.11 Å². The van der Waals surface area contributed by atoms with Gasteiger partial charge >= 0.3 is 0 Å². The van der Waals surface area contributed by atoms with E-state index >= 15 is 0 Å². The summed E-state index contributed by atoms with van der Waals surface area (Å²) in [5, 5.41) is 9.28. The molecule has 2 rings (SSSR count). The highest BCUT2D eigenvalue weighted by molar-refractivity contribution is 9.10. The van der Waals surface area contributed by atoms with Crippen molar-refractivity contribution in [2.45, 2.75) is 19.4 Å². The third kappa shape index (κ3) is 3.06. The number of rotatable bonds is 5. The number of hydrogen-bond acceptors (Lipinski definition) is 2. The van der Waals surface area contributed by atoms with Gasteiger partial charge < -0.3 is 10.0 Å². The summed E-state index contributed by atoms with van der Waals surface area (Å²) in [6.45, 7) is 2.28. The van der Waals surface area contributed by atoms with Gasteiger partial charge in [-0.15, -0.1) is 0 Å². The van der Waals surface area contributed by atoms with E-state index in [1.54, 1.807) is 0 Å². The molecule has 0 spiro atoms. The standard InChI is InChI=1S/C13H18BrNO/c1-15(9-13(10-16)6-7-13)8-11-2-4-12(14)5-3-11/h2-5,16H,6-10H2,1H3. The molecule has 0 amide bonds. The van der Waals surface area contributed by atoms with E-state index in [-0.39, 0.29) is 5.41 Å². The van der Waals surface area contributed by atoms with Crippen molar-refractivity contribution in [2.24, 2.45) is 5.41 Å². The molecule has 0 saturated heterocycles. The van der Waals surface area contributed by atoms with Crippen molar-refractivity contribution in [3.05, 3.63) is 34.3 Å². The Balaban J connectivity index is 1.87. The molecule has 1 aromatic rings. The van der Waals surface area contributed by atoms with E-state index < -0.39 is 0 Å². The van der Waals surface area contributed by atoms with Crippen molar-refractivity contribution in [2.75, 3.05) is 20.2 Å². The first-order chi connectivity index (χ1) is 7.63. The quantitative estimate of drug-likeness (QED) is 0.898. The van der Waals surface area contributed by atoms with Crippen molar-refractivity contribution in [1.82, 2.24) is 4.90 Å². The lowest BCUT2D eigenvalue weighted by molar-refractivity contribution is 0.161. The lowest BCUT2D eigenvalue weighted by atomic mass is 10.1. The van der Waals surface area contributed by atoms with Gasteiger partial charge in [-0.25, -0.2) is 0 Å². The molecule has 1 aliphatic rings. The summed E-state index contributed by atoms with van der Waals surface area (Å²) < 4.78 is 1.12. The van der Waals surface area contributed by atoms with Gasteiger partial charge in [0.05, 0.1) is 0 Å². The lowest BCUT2D eigenvalue weighted by Gasteiger charge is -2.22. The van der Waals surface area contributed by atoms with E-state index in [0.29, 0.717) is 6.61 Å². The molecule has 1 fully saturated rings. The van der Waals surface area contributed by atoms with Crippen LogP contribution in [0, 0.1) is 5.41 Å². The Bertz CT molecular complexity index is 345. The minimum absolute atomic E-state index is 0.212. The molecule has 1 aliphatic carbocycles. The molecule has 0 aromatic heterocycles. The minimum Gasteiger partial charge on any atom is -0.396 e. The molecule has 1 aromatic carbocycles. The summed E-state index contributed by atoms with van der Waals surface area (Å²) in [7, 11) is 2.12. The summed E-state index contributed by atoms with van der Waals surface area (Å²) in [5.74, 6) is 0. The summed E-state index contributed by atoms with van der Waals surface area (Å²) in [6.07, 6.45) is 2.35. The molecule has 1 saturated carbocycles. The number of nitrogens with zero attached hydrogens (tertiary/aromatic N) is 1. The largest absolute Gasteiger partial charge is 0.396 e. The molecular formula is C13H18BrNO. The average molecular weight is 284 g/mol. The monoisotopic (exact) mass is 283 g/mol. The van der Waals surface area contributed by atoms with E-state index in [1.807, 2.05) is 0 Å². The first-order valence-corrected chi connectivity index (χ1v) is 6.47. The fourth-order valence-electron chi connectivity index (χ4n) is 2.07. The van der Waals surface area contributed by atoms with Crippen molar-refractivity contribution in [3.8, 4) is 0 Å². The zero-order chi connectivity index (χ0) is 11.6. The van der Waals surface area contributed by atoms with Gasteiger partial charge in [-0.1, -0.05) is 28.1 Å². The Hall–Kier alpha value is -0.380. The predicted molar refractivity (Wildman–Crippen MR) is 69.2 cm³/mol. The van der Waals surface area contributed by atoms with Gasteiger partial charge in [0, 0.05) is 29.6 Å². The van der Waals surface area contributed by atoms with Crippen LogP contribution in [-0.2, 0) is 6.54 Å². The maximum absolute atomic E-state index is 9.28. The normalized spacial score (nSPS) is 17.8. The molecule has 88 valence electrons. The number of aliphatic hydroxyl groups is 1. The molecule has 2 nitrogen and oxygen atoms in total. The third-order valence-electron chi connectivity index (χ3n) is 3.26. The topological polar surface area (TPSA) is 23.5 Å². The maximum atomic E-state index is 9.28. The lowest BCUT2D eigenvalue weighted by Crippen LogP contribution is -2.28. The molecule has 0 aliphatic heterocycles. The van der Waals surface area contributed by atoms with Crippen LogP contribution in [0.4, 0.5) is 0 Å². The zero-order valence-electron chi connectivity index (χ0n) is 9.62. The SMILES string of the molecule is CN(Cc1ccc(Br)cc1)CC1(CO)CC1. The fraction of sp³-hybridized carbons (Fsp3) is 0.538. The molecular weight excluding hydrogens is 266 g/mol. The van der Waals surface area contributed by atoms with Gasteiger partial charge in [-0.2, -0.15) is 0 Å². The van der Waals surface area contributed by atoms with E-state index in [2.05, 4.69) is 52.1 Å². The fourth-order valence-corrected chi connectivity index (χ4v) is 2.34. The summed E-state index contributed by atoms with van der Waals surface area (Å²) in [4.78, 5) is 2.30. The van der Waals surface area contributed by atoms with Crippen LogP contribution in [0.2, 0.25) is 0 Å². The summed E-state index contributed by atoms with van der Waals surface area (Å²) in [5.41, 5.74) is 1.53. The second-order valence-corrected chi connectivity index (χ2v) is 5.87. The molecule has 0 radical (unpaired) electrons. The van der Waals surface area contributed by atoms with Crippen LogP contribution in [0.1, 0.15) is 18.4 Å². The zero-order valence-corrected chi connectivity index (χ0v) is 11.2. The van der Waals surface area contributed by atoms with Crippen LogP contribution in [0.5, 0.6) is 0 Å². The molecule has 1 N–H and O–H groups in total. The van der Waals surface area contributed by atoms with Gasteiger partial charge in [0.25, 0.3) is 0 Å². The smallest absolute Gasteiger partial charge is 0.0499 e. The van der Waals surface area contributed by atoms with E-state index in [0.717, 1.165) is 17.6 Å². The molecule has 16 heavy (non-hydrogen) atoms. The Morgan fingerprint density at radius 2 is 1.94 bits per heavy atom. The van der Waals surface area contributed by atoms with Gasteiger partial charge in [0.1, 0.15) is 0 Å². The molecule has 0 heterocycles. The van der Waals surface area contributed by atoms with Crippen LogP contribution < -0.4 is 0 Å². The van der Waals surface area contributed by atoms with E-state index in [9.17, 15) is 5.11 Å². The average Bonchev–Trinajstić information content (AvgIpc) is 3.02. The van der Waals surface area contributed by atoms with E-state index in [4.69, 9.17) is 0 Å². The number of hydrogen-bond donors (Lipinski definition) is 1. The predicted octanol–water partition coefficient (Wildman–Crippen LogP) is 2.65. The molecule has 3 heteroatoms. The van der Waals surface area contributed by atoms with Crippen molar-refractivity contribution >= 4 is 15.9 Å². The van der Waals surface area contributed by atoms with Crippen molar-refractivity contribution in [1.29, 1.82) is 0 Å². The Kier molecular flexibility index (Phi) is 3.67. The van der Waals surface area contributed by atoms with Crippen LogP contribution in [0.15, 0.2) is 28.7 Å². The third-order valence-corrected chi connectivity index (χ3v) is 3.79. The maximum Gasteiger partial charge on any atom is 0.0499 e. The molecule has 0 unspecified atom stereocenters. The number of aliphatic hydroxyl groups excluding tert-OH is 1. The Labute approximate surface area is 105 Å². The Morgan fingerprint density at radius 3 is 2.44 bits per heavy atom. The highest BCUT2D eigenvalue weighted by Gasteiger charge is 2.42. The van der Waals surface area contributed by atoms with Crippen LogP contribution in [0.25, 0.3) is 0 Å². The van der Waals surface area contributed by atoms with Gasteiger partial charge in [-0.3, -0.25) is 0 Å². The Morgan fingerprint density at radius 1 is 1.31 bits per heavy atom. The molecule has 0 atom stereocenters. The van der Waals surface area contributed by atoms with Crippen LogP contribution in [0.3, 0.4) is 0 Å². The number of halogens is 1. The van der Waals surface area contributed by atoms with Gasteiger partial charge in [0.15, 0.2) is 0 Å². The van der Waals surface area contributed by atoms with Crippen LogP contribution in [-0.4, -0.2) is 30.2 Å². The number of benzene rings is 1. The highest BCUT2D eigenvalue weighted by atomic mass is 79.9. The van der Waals surface area contributed by atoms with Gasteiger partial charge in [0.2, 0.25) is 0 Å². The minimum atomic E-state index is 0.212. The second-order valence-electron chi connectivity index (χ2n) is 4.96. The first kappa shape index (κ1) is 12.1. The second kappa shape index (κ2) is 4.86. The molecule has 0 bridgehead atoms. The van der Waals surface area contributed by atoms with Crippen molar-refractivity contribution in [3.63, 3.8) is 0 Å². The first-order valence-electron chi connectivity index (χ1n) is 5.67. The highest BCUT2D eigenvalue weighted by Crippen LogP contribution is 2.45.